The Morgan fingerprint density at radius 2 is 1.65 bits per heavy atom. The van der Waals surface area contributed by atoms with Gasteiger partial charge in [-0.3, -0.25) is 0 Å². The molecule has 0 spiro atoms. The molecule has 1 aromatic carbocycles. The number of rotatable bonds is 4. The zero-order valence-electron chi connectivity index (χ0n) is 10.8. The van der Waals surface area contributed by atoms with Gasteiger partial charge in [0.2, 0.25) is 0 Å². The van der Waals surface area contributed by atoms with Crippen LogP contribution >= 0.6 is 0 Å². The van der Waals surface area contributed by atoms with Crippen molar-refractivity contribution in [3.8, 4) is 0 Å². The van der Waals surface area contributed by atoms with Gasteiger partial charge in [0, 0.05) is 12.1 Å². The van der Waals surface area contributed by atoms with Crippen LogP contribution in [0.4, 0.5) is 8.78 Å². The van der Waals surface area contributed by atoms with Crippen molar-refractivity contribution in [3.05, 3.63) is 35.4 Å². The van der Waals surface area contributed by atoms with Gasteiger partial charge in [0.15, 0.2) is 0 Å². The fraction of sp³-hybridized carbons (Fsp3) is 0.571. The van der Waals surface area contributed by atoms with Gasteiger partial charge in [-0.05, 0) is 42.4 Å². The fourth-order valence-electron chi connectivity index (χ4n) is 1.71. The summed E-state index contributed by atoms with van der Waals surface area (Å²) >= 11 is 0. The predicted octanol–water partition coefficient (Wildman–Crippen LogP) is 3.66. The fourth-order valence-corrected chi connectivity index (χ4v) is 1.71. The first-order chi connectivity index (χ1) is 7.79. The number of halogens is 2. The van der Waals surface area contributed by atoms with Crippen LogP contribution in [0.1, 0.15) is 39.2 Å². The number of aryl methyl sites for hydroxylation is 1. The lowest BCUT2D eigenvalue weighted by molar-refractivity contribution is 0.301. The summed E-state index contributed by atoms with van der Waals surface area (Å²) in [7, 11) is 0. The Morgan fingerprint density at radius 3 is 2.12 bits per heavy atom. The summed E-state index contributed by atoms with van der Waals surface area (Å²) < 4.78 is 25.9. The van der Waals surface area contributed by atoms with Crippen LogP contribution < -0.4 is 5.73 Å². The maximum atomic E-state index is 12.9. The van der Waals surface area contributed by atoms with Gasteiger partial charge in [-0.2, -0.15) is 0 Å². The highest BCUT2D eigenvalue weighted by Crippen LogP contribution is 2.21. The Kier molecular flexibility index (Phi) is 4.63. The Morgan fingerprint density at radius 1 is 1.12 bits per heavy atom. The molecule has 3 heteroatoms. The van der Waals surface area contributed by atoms with Crippen molar-refractivity contribution >= 4 is 0 Å². The van der Waals surface area contributed by atoms with E-state index in [1.54, 1.807) is 0 Å². The molecule has 0 radical (unpaired) electrons. The zero-order chi connectivity index (χ0) is 13.1. The Hall–Kier alpha value is -0.960. The number of nitrogens with two attached hydrogens (primary N) is 1. The summed E-state index contributed by atoms with van der Waals surface area (Å²) in [6.07, 6.45) is 2.38. The highest BCUT2D eigenvalue weighted by molar-refractivity contribution is 5.17. The maximum absolute atomic E-state index is 12.9. The van der Waals surface area contributed by atoms with E-state index in [4.69, 9.17) is 5.73 Å². The highest BCUT2D eigenvalue weighted by Gasteiger charge is 2.19. The normalized spacial score (nSPS) is 13.8. The molecule has 0 aliphatic heterocycles. The lowest BCUT2D eigenvalue weighted by atomic mass is 9.84. The molecule has 1 nitrogen and oxygen atoms in total. The van der Waals surface area contributed by atoms with Gasteiger partial charge in [-0.25, -0.2) is 8.78 Å². The van der Waals surface area contributed by atoms with E-state index in [0.717, 1.165) is 18.9 Å². The second-order valence-corrected chi connectivity index (χ2v) is 5.64. The van der Waals surface area contributed by atoms with Crippen molar-refractivity contribution in [1.82, 2.24) is 0 Å². The number of benzene rings is 1. The monoisotopic (exact) mass is 241 g/mol. The minimum atomic E-state index is -0.514. The van der Waals surface area contributed by atoms with Gasteiger partial charge in [-0.1, -0.05) is 20.8 Å². The van der Waals surface area contributed by atoms with E-state index in [0.29, 0.717) is 12.0 Å². The smallest absolute Gasteiger partial charge is 0.126 e. The Bertz CT molecular complexity index is 349. The van der Waals surface area contributed by atoms with Gasteiger partial charge < -0.3 is 5.73 Å². The van der Waals surface area contributed by atoms with Crippen LogP contribution in [0.2, 0.25) is 0 Å². The summed E-state index contributed by atoms with van der Waals surface area (Å²) in [5.41, 5.74) is 6.80. The standard InChI is InChI=1S/C14H21F2N/c1-14(2,3)13(17)6-4-5-10-7-11(15)9-12(16)8-10/h7-9,13H,4-6,17H2,1-3H3. The quantitative estimate of drug-likeness (QED) is 0.855. The summed E-state index contributed by atoms with van der Waals surface area (Å²) in [5.74, 6) is -1.03. The average molecular weight is 241 g/mol. The van der Waals surface area contributed by atoms with Gasteiger partial charge in [0.05, 0.1) is 0 Å². The average Bonchev–Trinajstić information content (AvgIpc) is 2.14. The summed E-state index contributed by atoms with van der Waals surface area (Å²) in [5, 5.41) is 0. The molecule has 0 aliphatic carbocycles. The molecule has 1 unspecified atom stereocenters. The Balaban J connectivity index is 2.46. The second-order valence-electron chi connectivity index (χ2n) is 5.64. The SMILES string of the molecule is CC(C)(C)C(N)CCCc1cc(F)cc(F)c1. The predicted molar refractivity (Wildman–Crippen MR) is 66.7 cm³/mol. The molecule has 1 aromatic rings. The topological polar surface area (TPSA) is 26.0 Å². The van der Waals surface area contributed by atoms with Crippen molar-refractivity contribution in [2.45, 2.75) is 46.1 Å². The van der Waals surface area contributed by atoms with Gasteiger partial charge in [0.25, 0.3) is 0 Å². The third-order valence-corrected chi connectivity index (χ3v) is 3.02. The van der Waals surface area contributed by atoms with Gasteiger partial charge in [-0.15, -0.1) is 0 Å². The molecule has 17 heavy (non-hydrogen) atoms. The molecular formula is C14H21F2N. The van der Waals surface area contributed by atoms with E-state index in [2.05, 4.69) is 20.8 Å². The van der Waals surface area contributed by atoms with Crippen LogP contribution in [0.3, 0.4) is 0 Å². The van der Waals surface area contributed by atoms with Gasteiger partial charge >= 0.3 is 0 Å². The minimum Gasteiger partial charge on any atom is -0.327 e. The second kappa shape index (κ2) is 5.58. The minimum absolute atomic E-state index is 0.0766. The summed E-state index contributed by atoms with van der Waals surface area (Å²) in [4.78, 5) is 0. The van der Waals surface area contributed by atoms with Crippen LogP contribution in [-0.4, -0.2) is 6.04 Å². The first kappa shape index (κ1) is 14.1. The Labute approximate surface area is 102 Å². The van der Waals surface area contributed by atoms with E-state index < -0.39 is 11.6 Å². The molecule has 0 fully saturated rings. The molecule has 0 heterocycles. The maximum Gasteiger partial charge on any atom is 0.126 e. The molecule has 0 aliphatic rings. The van der Waals surface area contributed by atoms with Crippen LogP contribution in [-0.2, 0) is 6.42 Å². The zero-order valence-corrected chi connectivity index (χ0v) is 10.8. The van der Waals surface area contributed by atoms with Crippen molar-refractivity contribution < 1.29 is 8.78 Å². The van der Waals surface area contributed by atoms with Crippen LogP contribution in [0.25, 0.3) is 0 Å². The molecule has 0 bridgehead atoms. The molecule has 0 aromatic heterocycles. The van der Waals surface area contributed by atoms with E-state index in [-0.39, 0.29) is 11.5 Å². The first-order valence-electron chi connectivity index (χ1n) is 5.99. The van der Waals surface area contributed by atoms with Gasteiger partial charge in [0.1, 0.15) is 11.6 Å². The molecular weight excluding hydrogens is 220 g/mol. The third-order valence-electron chi connectivity index (χ3n) is 3.02. The van der Waals surface area contributed by atoms with Crippen molar-refractivity contribution in [2.75, 3.05) is 0 Å². The summed E-state index contributed by atoms with van der Waals surface area (Å²) in [6.45, 7) is 6.29. The summed E-state index contributed by atoms with van der Waals surface area (Å²) in [6, 6.07) is 3.77. The number of hydrogen-bond donors (Lipinski definition) is 1. The molecule has 2 N–H and O–H groups in total. The number of hydrogen-bond acceptors (Lipinski definition) is 1. The largest absolute Gasteiger partial charge is 0.327 e. The van der Waals surface area contributed by atoms with Crippen LogP contribution in [0, 0.1) is 17.0 Å². The molecule has 1 rings (SSSR count). The van der Waals surface area contributed by atoms with Crippen molar-refractivity contribution in [3.63, 3.8) is 0 Å². The van der Waals surface area contributed by atoms with E-state index in [1.807, 2.05) is 0 Å². The lowest BCUT2D eigenvalue weighted by Gasteiger charge is -2.26. The van der Waals surface area contributed by atoms with Crippen molar-refractivity contribution in [2.24, 2.45) is 11.1 Å². The molecule has 0 saturated carbocycles. The lowest BCUT2D eigenvalue weighted by Crippen LogP contribution is -2.34. The van der Waals surface area contributed by atoms with Crippen molar-refractivity contribution in [1.29, 1.82) is 0 Å². The molecule has 0 saturated heterocycles. The third kappa shape index (κ3) is 4.82. The van der Waals surface area contributed by atoms with Crippen LogP contribution in [0.5, 0.6) is 0 Å². The molecule has 96 valence electrons. The first-order valence-corrected chi connectivity index (χ1v) is 5.99. The van der Waals surface area contributed by atoms with Crippen LogP contribution in [0.15, 0.2) is 18.2 Å². The highest BCUT2D eigenvalue weighted by atomic mass is 19.1. The molecule has 0 amide bonds. The molecule has 1 atom stereocenters. The van der Waals surface area contributed by atoms with E-state index >= 15 is 0 Å². The van der Waals surface area contributed by atoms with E-state index in [9.17, 15) is 8.78 Å². The van der Waals surface area contributed by atoms with E-state index in [1.165, 1.54) is 12.1 Å².